The zero-order valence-electron chi connectivity index (χ0n) is 32.6. The van der Waals surface area contributed by atoms with E-state index in [1.165, 1.54) is 35.8 Å². The van der Waals surface area contributed by atoms with E-state index in [9.17, 15) is 14.0 Å². The van der Waals surface area contributed by atoms with Crippen LogP contribution in [0.3, 0.4) is 0 Å². The van der Waals surface area contributed by atoms with Crippen LogP contribution in [-0.2, 0) is 14.2 Å². The van der Waals surface area contributed by atoms with Gasteiger partial charge in [-0.1, -0.05) is 0 Å². The first-order chi connectivity index (χ1) is 25.9. The standard InChI is InChI=1S/C40H56FN7O6/c1-7-47(27(2)3)38(49)31-22-28(41)8-9-34(31)53-36-23-42-26-44-37(36)46-18-12-30(13-19-46)52-35-10-15-43-33-14-17-45(24-32(33)35)16-11-29-25-51-21-20-48(29)39(50)54-40(4,5)6/h8-10,22-23,26-27,29-30,43H,7,11-21,24-25H2,1-6H3/t29-/m1/s1. The van der Waals surface area contributed by atoms with Crippen LogP contribution in [0.2, 0.25) is 0 Å². The maximum atomic E-state index is 14.4. The Labute approximate surface area is 318 Å². The Bertz CT molecular complexity index is 1700. The monoisotopic (exact) mass is 749 g/mol. The molecule has 2 saturated heterocycles. The number of dihydropyridines is 1. The summed E-state index contributed by atoms with van der Waals surface area (Å²) in [5.74, 6) is 1.41. The largest absolute Gasteiger partial charge is 0.490 e. The summed E-state index contributed by atoms with van der Waals surface area (Å²) < 4.78 is 38.9. The first kappa shape index (κ1) is 39.3. The molecule has 4 aliphatic heterocycles. The number of carbonyl (C=O) groups is 2. The van der Waals surface area contributed by atoms with E-state index in [4.69, 9.17) is 18.9 Å². The number of nitrogens with one attached hydrogen (secondary N) is 1. The van der Waals surface area contributed by atoms with Crippen molar-refractivity contribution in [1.82, 2.24) is 30.0 Å². The number of hydrogen-bond acceptors (Lipinski definition) is 11. The maximum Gasteiger partial charge on any atom is 0.410 e. The lowest BCUT2D eigenvalue weighted by Crippen LogP contribution is -2.51. The zero-order valence-corrected chi connectivity index (χ0v) is 32.6. The molecule has 0 saturated carbocycles. The fourth-order valence-electron chi connectivity index (χ4n) is 7.49. The number of amides is 2. The number of morpholine rings is 1. The van der Waals surface area contributed by atoms with E-state index in [0.29, 0.717) is 51.0 Å². The minimum atomic E-state index is -0.543. The van der Waals surface area contributed by atoms with E-state index in [-0.39, 0.29) is 41.5 Å². The predicted octanol–water partition coefficient (Wildman–Crippen LogP) is 5.74. The Balaban J connectivity index is 1.05. The van der Waals surface area contributed by atoms with Gasteiger partial charge in [-0.15, -0.1) is 0 Å². The number of piperidine rings is 1. The van der Waals surface area contributed by atoms with Crippen molar-refractivity contribution < 1.29 is 32.9 Å². The number of benzene rings is 1. The Kier molecular flexibility index (Phi) is 12.6. The lowest BCUT2D eigenvalue weighted by atomic mass is 9.99. The predicted molar refractivity (Wildman–Crippen MR) is 203 cm³/mol. The third-order valence-corrected chi connectivity index (χ3v) is 10.3. The Morgan fingerprint density at radius 2 is 1.93 bits per heavy atom. The van der Waals surface area contributed by atoms with Crippen LogP contribution in [0.15, 0.2) is 53.8 Å². The molecular formula is C40H56FN7O6. The van der Waals surface area contributed by atoms with E-state index in [1.54, 1.807) is 11.1 Å². The second-order valence-corrected chi connectivity index (χ2v) is 15.6. The number of carbonyl (C=O) groups excluding carboxylic acids is 2. The number of anilines is 1. The molecule has 5 heterocycles. The van der Waals surface area contributed by atoms with Gasteiger partial charge in [0.2, 0.25) is 0 Å². The smallest absolute Gasteiger partial charge is 0.410 e. The van der Waals surface area contributed by atoms with Gasteiger partial charge >= 0.3 is 6.09 Å². The first-order valence-corrected chi connectivity index (χ1v) is 19.4. The van der Waals surface area contributed by atoms with Crippen LogP contribution in [0.25, 0.3) is 0 Å². The van der Waals surface area contributed by atoms with Gasteiger partial charge in [0.25, 0.3) is 5.91 Å². The SMILES string of the molecule is CCN(C(=O)c1cc(F)ccc1Oc1cncnc1N1CCC(OC2=CCNC3=C2CN(CC[C@@H]2COCCN2C(=O)OC(C)(C)C)CC3)CC1)C(C)C. The van der Waals surface area contributed by atoms with Crippen molar-refractivity contribution in [3.8, 4) is 11.5 Å². The number of aromatic nitrogens is 2. The van der Waals surface area contributed by atoms with Crippen molar-refractivity contribution in [2.75, 3.05) is 70.5 Å². The second-order valence-electron chi connectivity index (χ2n) is 15.6. The number of rotatable bonds is 11. The van der Waals surface area contributed by atoms with Crippen molar-refractivity contribution in [3.63, 3.8) is 0 Å². The molecule has 14 heteroatoms. The third-order valence-electron chi connectivity index (χ3n) is 10.3. The summed E-state index contributed by atoms with van der Waals surface area (Å²) in [7, 11) is 0. The molecule has 294 valence electrons. The van der Waals surface area contributed by atoms with Crippen LogP contribution in [-0.4, -0.2) is 126 Å². The quantitative estimate of drug-likeness (QED) is 0.303. The van der Waals surface area contributed by atoms with Crippen molar-refractivity contribution in [2.45, 2.75) is 91.0 Å². The summed E-state index contributed by atoms with van der Waals surface area (Å²) in [6.45, 7) is 18.1. The lowest BCUT2D eigenvalue weighted by Gasteiger charge is -2.39. The molecule has 0 bridgehead atoms. The lowest BCUT2D eigenvalue weighted by molar-refractivity contribution is -0.0356. The molecule has 0 spiro atoms. The average Bonchev–Trinajstić information content (AvgIpc) is 3.15. The van der Waals surface area contributed by atoms with Gasteiger partial charge in [-0.05, 0) is 72.2 Å². The van der Waals surface area contributed by atoms with Gasteiger partial charge in [0, 0.05) is 88.9 Å². The van der Waals surface area contributed by atoms with Gasteiger partial charge in [-0.2, -0.15) is 0 Å². The highest BCUT2D eigenvalue weighted by molar-refractivity contribution is 5.97. The van der Waals surface area contributed by atoms with E-state index in [0.717, 1.165) is 57.6 Å². The normalized spacial score (nSPS) is 19.9. The molecule has 1 aromatic heterocycles. The Morgan fingerprint density at radius 3 is 2.67 bits per heavy atom. The molecule has 2 amide bonds. The number of halogens is 1. The van der Waals surface area contributed by atoms with E-state index in [1.807, 2.05) is 46.4 Å². The number of nitrogens with zero attached hydrogens (tertiary/aromatic N) is 6. The average molecular weight is 750 g/mol. The molecule has 2 aromatic rings. The Morgan fingerprint density at radius 1 is 1.13 bits per heavy atom. The number of ether oxygens (including phenoxy) is 4. The second kappa shape index (κ2) is 17.4. The molecule has 1 atom stereocenters. The fraction of sp³-hybridized carbons (Fsp3) is 0.600. The van der Waals surface area contributed by atoms with Crippen molar-refractivity contribution in [1.29, 1.82) is 0 Å². The maximum absolute atomic E-state index is 14.4. The van der Waals surface area contributed by atoms with Crippen LogP contribution >= 0.6 is 0 Å². The highest BCUT2D eigenvalue weighted by Gasteiger charge is 2.33. The van der Waals surface area contributed by atoms with Gasteiger partial charge in [0.15, 0.2) is 11.6 Å². The van der Waals surface area contributed by atoms with Gasteiger partial charge in [0.1, 0.15) is 35.4 Å². The summed E-state index contributed by atoms with van der Waals surface area (Å²) in [6, 6.07) is 3.92. The third kappa shape index (κ3) is 9.62. The molecule has 6 rings (SSSR count). The minimum absolute atomic E-state index is 0.0257. The van der Waals surface area contributed by atoms with Crippen LogP contribution in [0, 0.1) is 5.82 Å². The molecule has 4 aliphatic rings. The highest BCUT2D eigenvalue weighted by atomic mass is 19.1. The van der Waals surface area contributed by atoms with Crippen molar-refractivity contribution in [3.05, 3.63) is 65.2 Å². The summed E-state index contributed by atoms with van der Waals surface area (Å²) >= 11 is 0. The van der Waals surface area contributed by atoms with Crippen LogP contribution in [0.4, 0.5) is 15.0 Å². The first-order valence-electron chi connectivity index (χ1n) is 19.4. The molecule has 54 heavy (non-hydrogen) atoms. The van der Waals surface area contributed by atoms with Gasteiger partial charge in [0.05, 0.1) is 31.0 Å². The van der Waals surface area contributed by atoms with Crippen LogP contribution in [0.5, 0.6) is 11.5 Å². The summed E-state index contributed by atoms with van der Waals surface area (Å²) in [4.78, 5) is 43.2. The van der Waals surface area contributed by atoms with Gasteiger partial charge < -0.3 is 39.0 Å². The molecule has 1 aromatic carbocycles. The van der Waals surface area contributed by atoms with Gasteiger partial charge in [-0.3, -0.25) is 9.69 Å². The molecule has 0 aliphatic carbocycles. The topological polar surface area (TPSA) is 122 Å². The van der Waals surface area contributed by atoms with E-state index < -0.39 is 11.4 Å². The highest BCUT2D eigenvalue weighted by Crippen LogP contribution is 2.35. The van der Waals surface area contributed by atoms with Gasteiger partial charge in [-0.25, -0.2) is 19.2 Å². The molecule has 1 N–H and O–H groups in total. The molecule has 13 nitrogen and oxygen atoms in total. The van der Waals surface area contributed by atoms with Crippen molar-refractivity contribution in [2.24, 2.45) is 0 Å². The van der Waals surface area contributed by atoms with Crippen molar-refractivity contribution >= 4 is 17.8 Å². The number of hydrogen-bond donors (Lipinski definition) is 1. The molecule has 0 unspecified atom stereocenters. The minimum Gasteiger partial charge on any atom is -0.490 e. The summed E-state index contributed by atoms with van der Waals surface area (Å²) in [5, 5.41) is 3.57. The Hall–Kier alpha value is -4.43. The summed E-state index contributed by atoms with van der Waals surface area (Å²) in [6.07, 6.45) is 8.24. The zero-order chi connectivity index (χ0) is 38.4. The van der Waals surface area contributed by atoms with Crippen LogP contribution < -0.4 is 15.0 Å². The summed E-state index contributed by atoms with van der Waals surface area (Å²) in [5.41, 5.74) is 2.06. The molecular weight excluding hydrogens is 693 g/mol. The molecule has 2 fully saturated rings. The van der Waals surface area contributed by atoms with E-state index in [2.05, 4.69) is 31.2 Å². The van der Waals surface area contributed by atoms with Crippen LogP contribution in [0.1, 0.15) is 77.6 Å². The fourth-order valence-corrected chi connectivity index (χ4v) is 7.49. The van der Waals surface area contributed by atoms with E-state index >= 15 is 0 Å². The molecule has 0 radical (unpaired) electrons.